The van der Waals surface area contributed by atoms with Gasteiger partial charge in [0.25, 0.3) is 0 Å². The molecule has 1 aliphatic rings. The molecule has 0 spiro atoms. The van der Waals surface area contributed by atoms with E-state index in [1.54, 1.807) is 13.3 Å². The number of pyridine rings is 1. The number of hydrogen-bond acceptors (Lipinski definition) is 4. The number of rotatable bonds is 3. The molecule has 0 aliphatic carbocycles. The molecule has 0 atom stereocenters. The maximum atomic E-state index is 12.1. The Morgan fingerprint density at radius 1 is 1.47 bits per heavy atom. The Kier molecular flexibility index (Phi) is 6.05. The van der Waals surface area contributed by atoms with Gasteiger partial charge < -0.3 is 15.4 Å². The SMILES string of the molecule is COc1ncc(C)cc1NC(=O)C1CCNCC1.Cl. The Labute approximate surface area is 119 Å². The number of methoxy groups -OCH3 is 1. The molecule has 1 saturated heterocycles. The zero-order chi connectivity index (χ0) is 13.0. The van der Waals surface area contributed by atoms with Gasteiger partial charge in [-0.05, 0) is 44.5 Å². The highest BCUT2D eigenvalue weighted by atomic mass is 35.5. The van der Waals surface area contributed by atoms with Gasteiger partial charge in [-0.1, -0.05) is 0 Å². The first kappa shape index (κ1) is 15.7. The van der Waals surface area contributed by atoms with Gasteiger partial charge in [-0.2, -0.15) is 0 Å². The molecule has 1 amide bonds. The minimum Gasteiger partial charge on any atom is -0.480 e. The molecular weight excluding hydrogens is 266 g/mol. The van der Waals surface area contributed by atoms with E-state index < -0.39 is 0 Å². The number of aryl methyl sites for hydroxylation is 1. The van der Waals surface area contributed by atoms with E-state index in [9.17, 15) is 4.79 Å². The molecule has 0 saturated carbocycles. The van der Waals surface area contributed by atoms with E-state index in [0.29, 0.717) is 11.6 Å². The van der Waals surface area contributed by atoms with Crippen molar-refractivity contribution < 1.29 is 9.53 Å². The van der Waals surface area contributed by atoms with Gasteiger partial charge in [0, 0.05) is 12.1 Å². The Morgan fingerprint density at radius 3 is 2.79 bits per heavy atom. The second kappa shape index (κ2) is 7.31. The van der Waals surface area contributed by atoms with E-state index >= 15 is 0 Å². The summed E-state index contributed by atoms with van der Waals surface area (Å²) >= 11 is 0. The molecule has 1 aromatic rings. The van der Waals surface area contributed by atoms with Crippen molar-refractivity contribution in [2.24, 2.45) is 5.92 Å². The number of piperidine rings is 1. The Balaban J connectivity index is 0.00000180. The lowest BCUT2D eigenvalue weighted by Gasteiger charge is -2.22. The largest absolute Gasteiger partial charge is 0.480 e. The lowest BCUT2D eigenvalue weighted by Crippen LogP contribution is -2.34. The van der Waals surface area contributed by atoms with E-state index in [2.05, 4.69) is 15.6 Å². The van der Waals surface area contributed by atoms with Gasteiger partial charge in [0.1, 0.15) is 5.69 Å². The fourth-order valence-corrected chi connectivity index (χ4v) is 2.13. The smallest absolute Gasteiger partial charge is 0.237 e. The first-order chi connectivity index (χ1) is 8.70. The molecule has 106 valence electrons. The molecule has 2 N–H and O–H groups in total. The molecule has 2 rings (SSSR count). The molecule has 0 bridgehead atoms. The molecule has 19 heavy (non-hydrogen) atoms. The maximum Gasteiger partial charge on any atom is 0.237 e. The molecule has 1 aromatic heterocycles. The number of halogens is 1. The van der Waals surface area contributed by atoms with E-state index in [-0.39, 0.29) is 24.2 Å². The van der Waals surface area contributed by atoms with Crippen LogP contribution in [0.3, 0.4) is 0 Å². The van der Waals surface area contributed by atoms with Crippen LogP contribution >= 0.6 is 12.4 Å². The molecule has 0 radical (unpaired) electrons. The number of nitrogens with zero attached hydrogens (tertiary/aromatic N) is 1. The number of anilines is 1. The van der Waals surface area contributed by atoms with Crippen molar-refractivity contribution in [3.8, 4) is 5.88 Å². The van der Waals surface area contributed by atoms with Crippen molar-refractivity contribution in [1.82, 2.24) is 10.3 Å². The molecule has 0 aromatic carbocycles. The first-order valence-electron chi connectivity index (χ1n) is 6.23. The minimum absolute atomic E-state index is 0. The topological polar surface area (TPSA) is 63.2 Å². The second-order valence-corrected chi connectivity index (χ2v) is 4.58. The standard InChI is InChI=1S/C13H19N3O2.ClH/c1-9-7-11(13(18-2)15-8-9)16-12(17)10-3-5-14-6-4-10;/h7-8,10,14H,3-6H2,1-2H3,(H,16,17);1H. The van der Waals surface area contributed by atoms with E-state index in [1.165, 1.54) is 0 Å². The Hall–Kier alpha value is -1.33. The summed E-state index contributed by atoms with van der Waals surface area (Å²) in [7, 11) is 1.55. The minimum atomic E-state index is 0. The summed E-state index contributed by atoms with van der Waals surface area (Å²) in [4.78, 5) is 16.3. The van der Waals surface area contributed by atoms with Crippen LogP contribution in [-0.4, -0.2) is 31.1 Å². The van der Waals surface area contributed by atoms with Gasteiger partial charge in [0.2, 0.25) is 11.8 Å². The van der Waals surface area contributed by atoms with Gasteiger partial charge in [-0.3, -0.25) is 4.79 Å². The Bertz CT molecular complexity index is 434. The highest BCUT2D eigenvalue weighted by Crippen LogP contribution is 2.23. The molecule has 1 aliphatic heterocycles. The van der Waals surface area contributed by atoms with Crippen molar-refractivity contribution in [1.29, 1.82) is 0 Å². The molecule has 2 heterocycles. The number of amides is 1. The second-order valence-electron chi connectivity index (χ2n) is 4.58. The predicted molar refractivity (Wildman–Crippen MR) is 77.0 cm³/mol. The summed E-state index contributed by atoms with van der Waals surface area (Å²) in [5.41, 5.74) is 1.65. The van der Waals surface area contributed by atoms with E-state index in [1.807, 2.05) is 13.0 Å². The summed E-state index contributed by atoms with van der Waals surface area (Å²) in [5.74, 6) is 0.599. The van der Waals surface area contributed by atoms with Gasteiger partial charge in [0.15, 0.2) is 0 Å². The van der Waals surface area contributed by atoms with Gasteiger partial charge in [0.05, 0.1) is 7.11 Å². The van der Waals surface area contributed by atoms with Crippen molar-refractivity contribution in [3.05, 3.63) is 17.8 Å². The average Bonchev–Trinajstić information content (AvgIpc) is 2.40. The molecule has 6 heteroatoms. The van der Waals surface area contributed by atoms with E-state index in [0.717, 1.165) is 31.5 Å². The third-order valence-electron chi connectivity index (χ3n) is 3.15. The summed E-state index contributed by atoms with van der Waals surface area (Å²) in [6, 6.07) is 1.88. The molecule has 5 nitrogen and oxygen atoms in total. The quantitative estimate of drug-likeness (QED) is 0.888. The summed E-state index contributed by atoms with van der Waals surface area (Å²) in [5, 5.41) is 6.17. The third kappa shape index (κ3) is 4.08. The maximum absolute atomic E-state index is 12.1. The average molecular weight is 286 g/mol. The zero-order valence-electron chi connectivity index (χ0n) is 11.2. The zero-order valence-corrected chi connectivity index (χ0v) is 12.0. The van der Waals surface area contributed by atoms with Crippen molar-refractivity contribution in [3.63, 3.8) is 0 Å². The Morgan fingerprint density at radius 2 is 2.16 bits per heavy atom. The van der Waals surface area contributed by atoms with Crippen LogP contribution in [0.15, 0.2) is 12.3 Å². The third-order valence-corrected chi connectivity index (χ3v) is 3.15. The van der Waals surface area contributed by atoms with E-state index in [4.69, 9.17) is 4.74 Å². The lowest BCUT2D eigenvalue weighted by atomic mass is 9.97. The number of carbonyl (C=O) groups is 1. The summed E-state index contributed by atoms with van der Waals surface area (Å²) in [6.07, 6.45) is 3.49. The fraction of sp³-hybridized carbons (Fsp3) is 0.538. The van der Waals surface area contributed by atoms with Crippen LogP contribution in [0.25, 0.3) is 0 Å². The number of nitrogens with one attached hydrogen (secondary N) is 2. The van der Waals surface area contributed by atoms with Crippen molar-refractivity contribution >= 4 is 24.0 Å². The van der Waals surface area contributed by atoms with Gasteiger partial charge in [-0.25, -0.2) is 4.98 Å². The molecule has 1 fully saturated rings. The summed E-state index contributed by atoms with van der Waals surface area (Å²) < 4.78 is 5.15. The van der Waals surface area contributed by atoms with Crippen LogP contribution in [-0.2, 0) is 4.79 Å². The predicted octanol–water partition coefficient (Wildman–Crippen LogP) is 1.76. The van der Waals surface area contributed by atoms with Crippen molar-refractivity contribution in [2.45, 2.75) is 19.8 Å². The number of aromatic nitrogens is 1. The summed E-state index contributed by atoms with van der Waals surface area (Å²) in [6.45, 7) is 3.75. The highest BCUT2D eigenvalue weighted by Gasteiger charge is 2.22. The van der Waals surface area contributed by atoms with Crippen LogP contribution < -0.4 is 15.4 Å². The van der Waals surface area contributed by atoms with Crippen LogP contribution in [0.4, 0.5) is 5.69 Å². The van der Waals surface area contributed by atoms with Crippen LogP contribution in [0.5, 0.6) is 5.88 Å². The fourth-order valence-electron chi connectivity index (χ4n) is 2.13. The van der Waals surface area contributed by atoms with Gasteiger partial charge in [-0.15, -0.1) is 12.4 Å². The number of ether oxygens (including phenoxy) is 1. The number of hydrogen-bond donors (Lipinski definition) is 2. The first-order valence-corrected chi connectivity index (χ1v) is 6.23. The van der Waals surface area contributed by atoms with Crippen molar-refractivity contribution in [2.75, 3.05) is 25.5 Å². The monoisotopic (exact) mass is 285 g/mol. The highest BCUT2D eigenvalue weighted by molar-refractivity contribution is 5.93. The normalized spacial score (nSPS) is 15.5. The van der Waals surface area contributed by atoms with Gasteiger partial charge >= 0.3 is 0 Å². The lowest BCUT2D eigenvalue weighted by molar-refractivity contribution is -0.120. The molecule has 0 unspecified atom stereocenters. The van der Waals surface area contributed by atoms with Crippen LogP contribution in [0.1, 0.15) is 18.4 Å². The van der Waals surface area contributed by atoms with Crippen LogP contribution in [0, 0.1) is 12.8 Å². The van der Waals surface area contributed by atoms with Crippen LogP contribution in [0.2, 0.25) is 0 Å². The number of carbonyl (C=O) groups excluding carboxylic acids is 1. The molecular formula is C13H20ClN3O2.